The Labute approximate surface area is 116 Å². The van der Waals surface area contributed by atoms with Crippen molar-refractivity contribution in [2.24, 2.45) is 17.6 Å². The summed E-state index contributed by atoms with van der Waals surface area (Å²) in [4.78, 5) is 1.88. The van der Waals surface area contributed by atoms with E-state index in [1.165, 1.54) is 6.07 Å². The molecule has 1 aromatic carbocycles. The monoisotopic (exact) mass is 284 g/mol. The Balaban J connectivity index is 1.88. The van der Waals surface area contributed by atoms with Gasteiger partial charge in [0.1, 0.15) is 0 Å². The van der Waals surface area contributed by atoms with Gasteiger partial charge in [0.25, 0.3) is 0 Å². The molecule has 2 nitrogen and oxygen atoms in total. The fourth-order valence-electron chi connectivity index (χ4n) is 3.70. The molecule has 2 aliphatic rings. The van der Waals surface area contributed by atoms with Crippen LogP contribution in [0.25, 0.3) is 0 Å². The van der Waals surface area contributed by atoms with E-state index in [0.29, 0.717) is 30.6 Å². The number of nitrogens with zero attached hydrogens (tertiary/aromatic N) is 1. The molecule has 1 aromatic rings. The molecule has 0 spiro atoms. The normalized spacial score (nSPS) is 30.4. The van der Waals surface area contributed by atoms with Gasteiger partial charge in [-0.3, -0.25) is 0 Å². The highest BCUT2D eigenvalue weighted by Gasteiger charge is 2.41. The van der Waals surface area contributed by atoms with E-state index in [2.05, 4.69) is 0 Å². The molecular formula is C15H19F3N2. The maximum absolute atomic E-state index is 13.1. The van der Waals surface area contributed by atoms with Crippen LogP contribution in [0.2, 0.25) is 0 Å². The minimum atomic E-state index is -4.30. The van der Waals surface area contributed by atoms with Crippen molar-refractivity contribution in [3.63, 3.8) is 0 Å². The summed E-state index contributed by atoms with van der Waals surface area (Å²) in [7, 11) is 0. The van der Waals surface area contributed by atoms with E-state index in [0.717, 1.165) is 25.3 Å². The molecule has 1 aliphatic heterocycles. The largest absolute Gasteiger partial charge is 0.418 e. The molecule has 0 bridgehead atoms. The lowest BCUT2D eigenvalue weighted by molar-refractivity contribution is -0.137. The number of nitrogens with two attached hydrogens (primary N) is 1. The summed E-state index contributed by atoms with van der Waals surface area (Å²) in [6.07, 6.45) is -1.12. The Morgan fingerprint density at radius 2 is 1.85 bits per heavy atom. The van der Waals surface area contributed by atoms with Gasteiger partial charge in [-0.25, -0.2) is 0 Å². The van der Waals surface area contributed by atoms with Crippen LogP contribution in [0.3, 0.4) is 0 Å². The first-order chi connectivity index (χ1) is 9.47. The van der Waals surface area contributed by atoms with Gasteiger partial charge in [-0.05, 0) is 36.8 Å². The Morgan fingerprint density at radius 3 is 2.55 bits per heavy atom. The first kappa shape index (κ1) is 13.7. The maximum atomic E-state index is 13.1. The zero-order valence-corrected chi connectivity index (χ0v) is 11.2. The van der Waals surface area contributed by atoms with Crippen molar-refractivity contribution in [2.75, 3.05) is 18.0 Å². The second-order valence-corrected chi connectivity index (χ2v) is 5.94. The number of halogens is 3. The fraction of sp³-hybridized carbons (Fsp3) is 0.600. The van der Waals surface area contributed by atoms with Crippen LogP contribution < -0.4 is 10.6 Å². The van der Waals surface area contributed by atoms with E-state index in [4.69, 9.17) is 5.73 Å². The summed E-state index contributed by atoms with van der Waals surface area (Å²) in [5.41, 5.74) is 5.91. The average molecular weight is 284 g/mol. The van der Waals surface area contributed by atoms with Gasteiger partial charge in [-0.2, -0.15) is 13.2 Å². The zero-order valence-electron chi connectivity index (χ0n) is 11.2. The second kappa shape index (κ2) is 4.95. The molecule has 2 fully saturated rings. The molecule has 2 N–H and O–H groups in total. The van der Waals surface area contributed by atoms with E-state index in [1.807, 2.05) is 4.90 Å². The molecule has 1 saturated carbocycles. The molecule has 5 heteroatoms. The van der Waals surface area contributed by atoms with E-state index in [1.54, 1.807) is 12.1 Å². The molecule has 3 atom stereocenters. The Kier molecular flexibility index (Phi) is 3.40. The van der Waals surface area contributed by atoms with Crippen molar-refractivity contribution in [1.82, 2.24) is 0 Å². The second-order valence-electron chi connectivity index (χ2n) is 5.94. The van der Waals surface area contributed by atoms with Crippen molar-refractivity contribution < 1.29 is 13.2 Å². The molecule has 1 heterocycles. The lowest BCUT2D eigenvalue weighted by atomic mass is 9.78. The number of anilines is 1. The summed E-state index contributed by atoms with van der Waals surface area (Å²) < 4.78 is 39.3. The molecule has 3 rings (SSSR count). The van der Waals surface area contributed by atoms with Crippen LogP contribution in [0.4, 0.5) is 18.9 Å². The summed E-state index contributed by atoms with van der Waals surface area (Å²) in [6.45, 7) is 1.35. The average Bonchev–Trinajstić information content (AvgIpc) is 2.83. The van der Waals surface area contributed by atoms with Gasteiger partial charge in [0.15, 0.2) is 0 Å². The van der Waals surface area contributed by atoms with Crippen LogP contribution in [-0.4, -0.2) is 19.1 Å². The van der Waals surface area contributed by atoms with Crippen molar-refractivity contribution in [3.8, 4) is 0 Å². The van der Waals surface area contributed by atoms with E-state index in [9.17, 15) is 13.2 Å². The van der Waals surface area contributed by atoms with E-state index < -0.39 is 11.7 Å². The lowest BCUT2D eigenvalue weighted by Gasteiger charge is -2.29. The van der Waals surface area contributed by atoms with Crippen LogP contribution in [0.15, 0.2) is 24.3 Å². The topological polar surface area (TPSA) is 29.3 Å². The van der Waals surface area contributed by atoms with Gasteiger partial charge >= 0.3 is 6.18 Å². The van der Waals surface area contributed by atoms with Gasteiger partial charge in [-0.1, -0.05) is 18.6 Å². The summed E-state index contributed by atoms with van der Waals surface area (Å²) in [5, 5.41) is 0. The van der Waals surface area contributed by atoms with Crippen LogP contribution in [0.1, 0.15) is 24.8 Å². The van der Waals surface area contributed by atoms with Gasteiger partial charge in [-0.15, -0.1) is 0 Å². The predicted molar refractivity (Wildman–Crippen MR) is 72.5 cm³/mol. The number of fused-ring (bicyclic) bond motifs is 1. The predicted octanol–water partition coefficient (Wildman–Crippen LogP) is 3.27. The molecular weight excluding hydrogens is 265 g/mol. The SMILES string of the molecule is NC1CCCC2CN(c3ccccc3C(F)(F)F)CC12. The third-order valence-corrected chi connectivity index (χ3v) is 4.70. The number of hydrogen-bond acceptors (Lipinski definition) is 2. The Hall–Kier alpha value is -1.23. The van der Waals surface area contributed by atoms with Crippen LogP contribution in [-0.2, 0) is 6.18 Å². The van der Waals surface area contributed by atoms with Gasteiger partial charge in [0, 0.05) is 24.8 Å². The smallest absolute Gasteiger partial charge is 0.370 e. The van der Waals surface area contributed by atoms with Crippen LogP contribution in [0, 0.1) is 11.8 Å². The molecule has 1 saturated heterocycles. The number of alkyl halides is 3. The van der Waals surface area contributed by atoms with Crippen LogP contribution >= 0.6 is 0 Å². The first-order valence-electron chi connectivity index (χ1n) is 7.13. The van der Waals surface area contributed by atoms with Crippen molar-refractivity contribution in [3.05, 3.63) is 29.8 Å². The van der Waals surface area contributed by atoms with Gasteiger partial charge in [0.2, 0.25) is 0 Å². The van der Waals surface area contributed by atoms with Crippen molar-refractivity contribution in [1.29, 1.82) is 0 Å². The Bertz CT molecular complexity index is 486. The number of hydrogen-bond donors (Lipinski definition) is 1. The maximum Gasteiger partial charge on any atom is 0.418 e. The fourth-order valence-corrected chi connectivity index (χ4v) is 3.70. The summed E-state index contributed by atoms with van der Waals surface area (Å²) in [5.74, 6) is 0.782. The van der Waals surface area contributed by atoms with Gasteiger partial charge < -0.3 is 10.6 Å². The third-order valence-electron chi connectivity index (χ3n) is 4.70. The first-order valence-corrected chi connectivity index (χ1v) is 7.13. The molecule has 3 unspecified atom stereocenters. The standard InChI is InChI=1S/C15H19F3N2/c16-15(17,18)12-5-1-2-7-14(12)20-8-10-4-3-6-13(19)11(10)9-20/h1-2,5,7,10-11,13H,3-4,6,8-9,19H2. The van der Waals surface area contributed by atoms with Crippen molar-refractivity contribution in [2.45, 2.75) is 31.5 Å². The minimum absolute atomic E-state index is 0.136. The van der Waals surface area contributed by atoms with Gasteiger partial charge in [0.05, 0.1) is 5.56 Å². The zero-order chi connectivity index (χ0) is 14.3. The number of rotatable bonds is 1. The minimum Gasteiger partial charge on any atom is -0.370 e. The molecule has 0 amide bonds. The van der Waals surface area contributed by atoms with E-state index in [-0.39, 0.29) is 6.04 Å². The molecule has 110 valence electrons. The quantitative estimate of drug-likeness (QED) is 0.857. The van der Waals surface area contributed by atoms with E-state index >= 15 is 0 Å². The third kappa shape index (κ3) is 2.39. The molecule has 20 heavy (non-hydrogen) atoms. The van der Waals surface area contributed by atoms with Crippen molar-refractivity contribution >= 4 is 5.69 Å². The lowest BCUT2D eigenvalue weighted by Crippen LogP contribution is -2.38. The number of para-hydroxylation sites is 1. The highest BCUT2D eigenvalue weighted by molar-refractivity contribution is 5.56. The highest BCUT2D eigenvalue weighted by Crippen LogP contribution is 2.42. The summed E-state index contributed by atoms with van der Waals surface area (Å²) in [6, 6.07) is 5.99. The number of benzene rings is 1. The molecule has 0 aromatic heterocycles. The molecule has 0 radical (unpaired) electrons. The highest BCUT2D eigenvalue weighted by atomic mass is 19.4. The summed E-state index contributed by atoms with van der Waals surface area (Å²) >= 11 is 0. The molecule has 1 aliphatic carbocycles. The van der Waals surface area contributed by atoms with Crippen LogP contribution in [0.5, 0.6) is 0 Å². The Morgan fingerprint density at radius 1 is 1.10 bits per heavy atom.